The van der Waals surface area contributed by atoms with E-state index < -0.39 is 0 Å². The Balaban J connectivity index is 1.49. The molecule has 0 N–H and O–H groups in total. The highest BCUT2D eigenvalue weighted by atomic mass is 32.2. The van der Waals surface area contributed by atoms with Crippen LogP contribution in [-0.2, 0) is 12.2 Å². The van der Waals surface area contributed by atoms with Crippen molar-refractivity contribution < 1.29 is 0 Å². The van der Waals surface area contributed by atoms with Crippen molar-refractivity contribution in [2.45, 2.75) is 12.2 Å². The minimum Gasteiger partial charge on any atom is -0.261 e. The molecule has 100 valence electrons. The van der Waals surface area contributed by atoms with Gasteiger partial charge in [0.15, 0.2) is 0 Å². The number of rotatable bonds is 8. The molecule has 0 saturated heterocycles. The van der Waals surface area contributed by atoms with E-state index in [1.54, 1.807) is 0 Å². The van der Waals surface area contributed by atoms with Crippen LogP contribution in [0.25, 0.3) is 0 Å². The smallest absolute Gasteiger partial charge is 0.0411 e. The first-order chi connectivity index (χ1) is 9.45. The van der Waals surface area contributed by atoms with Crippen molar-refractivity contribution in [3.05, 3.63) is 66.0 Å². The van der Waals surface area contributed by atoms with E-state index in [4.69, 9.17) is 0 Å². The maximum Gasteiger partial charge on any atom is 0.0411 e. The maximum absolute atomic E-state index is 4.33. The summed E-state index contributed by atoms with van der Waals surface area (Å²) in [4.78, 5) is 4.33. The zero-order valence-corrected chi connectivity index (χ0v) is 12.6. The molecule has 0 atom stereocenters. The van der Waals surface area contributed by atoms with Crippen LogP contribution in [0.5, 0.6) is 0 Å². The molecule has 0 radical (unpaired) electrons. The molecule has 3 heteroatoms. The van der Waals surface area contributed by atoms with Crippen LogP contribution in [0.3, 0.4) is 0 Å². The highest BCUT2D eigenvalue weighted by Gasteiger charge is 1.95. The number of benzene rings is 1. The summed E-state index contributed by atoms with van der Waals surface area (Å²) >= 11 is 4.04. The lowest BCUT2D eigenvalue weighted by Gasteiger charge is -2.03. The van der Waals surface area contributed by atoms with E-state index in [1.807, 2.05) is 35.8 Å². The highest BCUT2D eigenvalue weighted by molar-refractivity contribution is 8.02. The van der Waals surface area contributed by atoms with Gasteiger partial charge >= 0.3 is 0 Å². The number of thioether (sulfide) groups is 2. The first-order valence-corrected chi connectivity index (χ1v) is 8.85. The number of aryl methyl sites for hydroxylation is 1. The molecular weight excluding hydrogens is 270 g/mol. The third kappa shape index (κ3) is 6.17. The van der Waals surface area contributed by atoms with E-state index in [-0.39, 0.29) is 0 Å². The van der Waals surface area contributed by atoms with Gasteiger partial charge in [-0.05, 0) is 29.9 Å². The average molecular weight is 289 g/mol. The molecule has 0 spiro atoms. The van der Waals surface area contributed by atoms with Gasteiger partial charge in [-0.3, -0.25) is 4.98 Å². The molecule has 19 heavy (non-hydrogen) atoms. The standard InChI is InChI=1S/C16H19NS2/c1-2-6-15(7-3-1)14-19-13-12-18-11-9-16-8-4-5-10-17-16/h1-8,10H,9,11-14H2. The maximum atomic E-state index is 4.33. The molecule has 1 nitrogen and oxygen atoms in total. The van der Waals surface area contributed by atoms with Crippen LogP contribution in [0.2, 0.25) is 0 Å². The Hall–Kier alpha value is -0.930. The highest BCUT2D eigenvalue weighted by Crippen LogP contribution is 2.14. The Morgan fingerprint density at radius 1 is 0.789 bits per heavy atom. The van der Waals surface area contributed by atoms with Gasteiger partial charge in [-0.2, -0.15) is 23.5 Å². The minimum absolute atomic E-state index is 1.08. The third-order valence-electron chi connectivity index (χ3n) is 2.71. The predicted molar refractivity (Wildman–Crippen MR) is 87.9 cm³/mol. The summed E-state index contributed by atoms with van der Waals surface area (Å²) in [6, 6.07) is 16.8. The van der Waals surface area contributed by atoms with Crippen molar-refractivity contribution in [1.29, 1.82) is 0 Å². The Labute approximate surface area is 124 Å². The summed E-state index contributed by atoms with van der Waals surface area (Å²) < 4.78 is 0. The summed E-state index contributed by atoms with van der Waals surface area (Å²) in [5.74, 6) is 4.75. The van der Waals surface area contributed by atoms with E-state index in [2.05, 4.69) is 47.4 Å². The monoisotopic (exact) mass is 289 g/mol. The van der Waals surface area contributed by atoms with Crippen LogP contribution < -0.4 is 0 Å². The minimum atomic E-state index is 1.08. The first-order valence-electron chi connectivity index (χ1n) is 6.54. The molecule has 0 fully saturated rings. The van der Waals surface area contributed by atoms with E-state index in [9.17, 15) is 0 Å². The molecular formula is C16H19NS2. The molecule has 0 aliphatic heterocycles. The number of pyridine rings is 1. The van der Waals surface area contributed by atoms with Crippen LogP contribution in [0.1, 0.15) is 11.3 Å². The molecule has 1 aromatic carbocycles. The van der Waals surface area contributed by atoms with Crippen LogP contribution in [-0.4, -0.2) is 22.2 Å². The average Bonchev–Trinajstić information content (AvgIpc) is 2.48. The molecule has 0 unspecified atom stereocenters. The Kier molecular flexibility index (Phi) is 6.90. The number of nitrogens with zero attached hydrogens (tertiary/aromatic N) is 1. The second-order valence-corrected chi connectivity index (χ2v) is 6.55. The summed E-state index contributed by atoms with van der Waals surface area (Å²) in [5, 5.41) is 0. The van der Waals surface area contributed by atoms with Gasteiger partial charge in [0.25, 0.3) is 0 Å². The third-order valence-corrected chi connectivity index (χ3v) is 4.99. The fourth-order valence-corrected chi connectivity index (χ4v) is 3.78. The second-order valence-electron chi connectivity index (χ2n) is 4.22. The summed E-state index contributed by atoms with van der Waals surface area (Å²) in [7, 11) is 0. The van der Waals surface area contributed by atoms with Gasteiger partial charge in [-0.15, -0.1) is 0 Å². The van der Waals surface area contributed by atoms with Crippen LogP contribution in [0.15, 0.2) is 54.7 Å². The van der Waals surface area contributed by atoms with Gasteiger partial charge in [0.05, 0.1) is 0 Å². The largest absolute Gasteiger partial charge is 0.261 e. The van der Waals surface area contributed by atoms with Crippen molar-refractivity contribution in [3.8, 4) is 0 Å². The van der Waals surface area contributed by atoms with E-state index in [0.717, 1.165) is 12.2 Å². The van der Waals surface area contributed by atoms with Crippen molar-refractivity contribution in [2.24, 2.45) is 0 Å². The van der Waals surface area contributed by atoms with Crippen LogP contribution in [0, 0.1) is 0 Å². The van der Waals surface area contributed by atoms with Crippen LogP contribution in [0.4, 0.5) is 0 Å². The molecule has 0 saturated carbocycles. The first kappa shape index (κ1) is 14.5. The van der Waals surface area contributed by atoms with Crippen molar-refractivity contribution >= 4 is 23.5 Å². The van der Waals surface area contributed by atoms with Gasteiger partial charge in [0, 0.05) is 29.1 Å². The van der Waals surface area contributed by atoms with Crippen molar-refractivity contribution in [1.82, 2.24) is 4.98 Å². The Morgan fingerprint density at radius 2 is 1.58 bits per heavy atom. The second kappa shape index (κ2) is 9.05. The van der Waals surface area contributed by atoms with Gasteiger partial charge < -0.3 is 0 Å². The normalized spacial score (nSPS) is 10.5. The SMILES string of the molecule is c1ccc(CSCCSCCc2ccccn2)cc1. The van der Waals surface area contributed by atoms with E-state index >= 15 is 0 Å². The van der Waals surface area contributed by atoms with E-state index in [0.29, 0.717) is 0 Å². The summed E-state index contributed by atoms with van der Waals surface area (Å²) in [6.07, 6.45) is 2.95. The van der Waals surface area contributed by atoms with Gasteiger partial charge in [0.1, 0.15) is 0 Å². The Bertz CT molecular complexity index is 401. The van der Waals surface area contributed by atoms with Crippen molar-refractivity contribution in [2.75, 3.05) is 17.3 Å². The topological polar surface area (TPSA) is 12.9 Å². The van der Waals surface area contributed by atoms with Crippen LogP contribution >= 0.6 is 23.5 Å². The lowest BCUT2D eigenvalue weighted by Crippen LogP contribution is -1.94. The predicted octanol–water partition coefficient (Wildman–Crippen LogP) is 4.29. The zero-order valence-electron chi connectivity index (χ0n) is 11.0. The van der Waals surface area contributed by atoms with Gasteiger partial charge in [-0.25, -0.2) is 0 Å². The fourth-order valence-electron chi connectivity index (χ4n) is 1.71. The lowest BCUT2D eigenvalue weighted by molar-refractivity contribution is 1.05. The molecule has 1 heterocycles. The fraction of sp³-hybridized carbons (Fsp3) is 0.312. The lowest BCUT2D eigenvalue weighted by atomic mass is 10.2. The molecule has 0 aliphatic rings. The number of hydrogen-bond acceptors (Lipinski definition) is 3. The molecule has 2 aromatic rings. The van der Waals surface area contributed by atoms with Gasteiger partial charge in [-0.1, -0.05) is 36.4 Å². The quantitative estimate of drug-likeness (QED) is 0.673. The number of aromatic nitrogens is 1. The zero-order chi connectivity index (χ0) is 13.2. The molecule has 0 amide bonds. The summed E-state index contributed by atoms with van der Waals surface area (Å²) in [6.45, 7) is 0. The van der Waals surface area contributed by atoms with E-state index in [1.165, 1.54) is 28.5 Å². The molecule has 1 aromatic heterocycles. The van der Waals surface area contributed by atoms with Gasteiger partial charge in [0.2, 0.25) is 0 Å². The molecule has 0 bridgehead atoms. The molecule has 2 rings (SSSR count). The molecule has 0 aliphatic carbocycles. The Morgan fingerprint density at radius 3 is 2.37 bits per heavy atom. The summed E-state index contributed by atoms with van der Waals surface area (Å²) in [5.41, 5.74) is 2.62. The number of hydrogen-bond donors (Lipinski definition) is 0. The van der Waals surface area contributed by atoms with Crippen molar-refractivity contribution in [3.63, 3.8) is 0 Å².